The summed E-state index contributed by atoms with van der Waals surface area (Å²) in [4.78, 5) is 11.8. The SMILES string of the molecule is CCOC(=O)c1cccc(NCCOC2CCCC2)c1N. The molecule has 21 heavy (non-hydrogen) atoms. The maximum absolute atomic E-state index is 11.8. The summed E-state index contributed by atoms with van der Waals surface area (Å²) in [5, 5.41) is 3.22. The van der Waals surface area contributed by atoms with E-state index in [9.17, 15) is 4.79 Å². The summed E-state index contributed by atoms with van der Waals surface area (Å²) in [6.45, 7) is 3.43. The number of nitrogens with two attached hydrogens (primary N) is 1. The van der Waals surface area contributed by atoms with Gasteiger partial charge in [0.05, 0.1) is 36.3 Å². The first kappa shape index (κ1) is 15.6. The van der Waals surface area contributed by atoms with Gasteiger partial charge in [0.2, 0.25) is 0 Å². The molecular weight excluding hydrogens is 268 g/mol. The standard InChI is InChI=1S/C16H24N2O3/c1-2-20-16(19)13-8-5-9-14(15(13)17)18-10-11-21-12-6-3-4-7-12/h5,8-9,12,18H,2-4,6-7,10-11,17H2,1H3. The molecular formula is C16H24N2O3. The monoisotopic (exact) mass is 292 g/mol. The molecule has 1 aromatic carbocycles. The molecule has 116 valence electrons. The molecule has 0 bridgehead atoms. The van der Waals surface area contributed by atoms with Crippen molar-refractivity contribution in [2.75, 3.05) is 30.8 Å². The highest BCUT2D eigenvalue weighted by Crippen LogP contribution is 2.24. The molecule has 5 heteroatoms. The number of carbonyl (C=O) groups is 1. The number of nitrogen functional groups attached to an aromatic ring is 1. The maximum Gasteiger partial charge on any atom is 0.340 e. The van der Waals surface area contributed by atoms with Gasteiger partial charge in [0.15, 0.2) is 0 Å². The van der Waals surface area contributed by atoms with Crippen molar-refractivity contribution in [1.29, 1.82) is 0 Å². The Hall–Kier alpha value is -1.75. The number of ether oxygens (including phenoxy) is 2. The van der Waals surface area contributed by atoms with Crippen molar-refractivity contribution >= 4 is 17.3 Å². The van der Waals surface area contributed by atoms with Gasteiger partial charge in [-0.05, 0) is 31.9 Å². The van der Waals surface area contributed by atoms with E-state index < -0.39 is 0 Å². The van der Waals surface area contributed by atoms with Gasteiger partial charge in [0.1, 0.15) is 0 Å². The van der Waals surface area contributed by atoms with Crippen molar-refractivity contribution in [3.05, 3.63) is 23.8 Å². The minimum atomic E-state index is -0.388. The van der Waals surface area contributed by atoms with Crippen molar-refractivity contribution in [1.82, 2.24) is 0 Å². The summed E-state index contributed by atoms with van der Waals surface area (Å²) in [6, 6.07) is 5.32. The summed E-state index contributed by atoms with van der Waals surface area (Å²) in [6.07, 6.45) is 5.29. The molecule has 0 amide bonds. The predicted molar refractivity (Wildman–Crippen MR) is 83.5 cm³/mol. The molecule has 0 heterocycles. The van der Waals surface area contributed by atoms with Crippen LogP contribution in [0.3, 0.4) is 0 Å². The van der Waals surface area contributed by atoms with E-state index in [4.69, 9.17) is 15.2 Å². The van der Waals surface area contributed by atoms with E-state index >= 15 is 0 Å². The molecule has 2 rings (SSSR count). The average Bonchev–Trinajstić information content (AvgIpc) is 2.98. The van der Waals surface area contributed by atoms with Crippen LogP contribution in [0.25, 0.3) is 0 Å². The van der Waals surface area contributed by atoms with Crippen LogP contribution in [-0.4, -0.2) is 31.8 Å². The van der Waals surface area contributed by atoms with E-state index in [1.165, 1.54) is 25.7 Å². The number of carbonyl (C=O) groups excluding carboxylic acids is 1. The second-order valence-corrected chi connectivity index (χ2v) is 5.19. The normalized spacial score (nSPS) is 15.1. The Balaban J connectivity index is 1.84. The van der Waals surface area contributed by atoms with Gasteiger partial charge in [-0.3, -0.25) is 0 Å². The highest BCUT2D eigenvalue weighted by molar-refractivity contribution is 5.98. The molecule has 0 aliphatic heterocycles. The van der Waals surface area contributed by atoms with Crippen LogP contribution in [0.1, 0.15) is 43.0 Å². The van der Waals surface area contributed by atoms with Crippen LogP contribution in [0.5, 0.6) is 0 Å². The fraction of sp³-hybridized carbons (Fsp3) is 0.562. The number of hydrogen-bond donors (Lipinski definition) is 2. The second kappa shape index (κ2) is 7.88. The Bertz CT molecular complexity index is 471. The number of hydrogen-bond acceptors (Lipinski definition) is 5. The molecule has 1 fully saturated rings. The van der Waals surface area contributed by atoms with Gasteiger partial charge in [0.25, 0.3) is 0 Å². The molecule has 5 nitrogen and oxygen atoms in total. The van der Waals surface area contributed by atoms with Crippen molar-refractivity contribution in [3.8, 4) is 0 Å². The van der Waals surface area contributed by atoms with E-state index in [2.05, 4.69) is 5.32 Å². The zero-order valence-electron chi connectivity index (χ0n) is 12.6. The molecule has 1 saturated carbocycles. The largest absolute Gasteiger partial charge is 0.462 e. The van der Waals surface area contributed by atoms with Gasteiger partial charge in [0, 0.05) is 6.54 Å². The van der Waals surface area contributed by atoms with Gasteiger partial charge in [-0.2, -0.15) is 0 Å². The van der Waals surface area contributed by atoms with Gasteiger partial charge < -0.3 is 20.5 Å². The Morgan fingerprint density at radius 3 is 2.86 bits per heavy atom. The fourth-order valence-corrected chi connectivity index (χ4v) is 2.57. The third-order valence-electron chi connectivity index (χ3n) is 3.67. The lowest BCUT2D eigenvalue weighted by Gasteiger charge is -2.14. The zero-order chi connectivity index (χ0) is 15.1. The lowest BCUT2D eigenvalue weighted by molar-refractivity contribution is 0.0527. The van der Waals surface area contributed by atoms with Crippen LogP contribution >= 0.6 is 0 Å². The second-order valence-electron chi connectivity index (χ2n) is 5.19. The minimum Gasteiger partial charge on any atom is -0.462 e. The summed E-state index contributed by atoms with van der Waals surface area (Å²) >= 11 is 0. The van der Waals surface area contributed by atoms with Gasteiger partial charge >= 0.3 is 5.97 Å². The Kier molecular flexibility index (Phi) is 5.87. The molecule has 0 unspecified atom stereocenters. The van der Waals surface area contributed by atoms with Gasteiger partial charge in [-0.25, -0.2) is 4.79 Å². The quantitative estimate of drug-likeness (QED) is 0.459. The summed E-state index contributed by atoms with van der Waals surface area (Å²) < 4.78 is 10.8. The molecule has 0 atom stereocenters. The lowest BCUT2D eigenvalue weighted by Crippen LogP contribution is -2.17. The number of esters is 1. The van der Waals surface area contributed by atoms with E-state index in [0.717, 1.165) is 5.69 Å². The summed E-state index contributed by atoms with van der Waals surface area (Å²) in [7, 11) is 0. The van der Waals surface area contributed by atoms with Crippen molar-refractivity contribution < 1.29 is 14.3 Å². The predicted octanol–water partition coefficient (Wildman–Crippen LogP) is 2.82. The molecule has 0 radical (unpaired) electrons. The van der Waals surface area contributed by atoms with Crippen molar-refractivity contribution in [3.63, 3.8) is 0 Å². The van der Waals surface area contributed by atoms with Crippen LogP contribution in [0, 0.1) is 0 Å². The molecule has 1 aliphatic rings. The van der Waals surface area contributed by atoms with E-state index in [-0.39, 0.29) is 5.97 Å². The molecule has 0 saturated heterocycles. The van der Waals surface area contributed by atoms with Crippen LogP contribution in [0.2, 0.25) is 0 Å². The minimum absolute atomic E-state index is 0.338. The molecule has 0 aromatic heterocycles. The van der Waals surface area contributed by atoms with E-state index in [0.29, 0.717) is 37.1 Å². The van der Waals surface area contributed by atoms with Crippen LogP contribution < -0.4 is 11.1 Å². The van der Waals surface area contributed by atoms with Gasteiger partial charge in [-0.1, -0.05) is 18.9 Å². The van der Waals surface area contributed by atoms with Crippen LogP contribution in [0.4, 0.5) is 11.4 Å². The fourth-order valence-electron chi connectivity index (χ4n) is 2.57. The van der Waals surface area contributed by atoms with E-state index in [1.807, 2.05) is 6.07 Å². The Morgan fingerprint density at radius 2 is 2.14 bits per heavy atom. The van der Waals surface area contributed by atoms with Crippen molar-refractivity contribution in [2.45, 2.75) is 38.7 Å². The first-order valence-corrected chi connectivity index (χ1v) is 7.63. The third kappa shape index (κ3) is 4.36. The number of nitrogens with one attached hydrogen (secondary N) is 1. The first-order valence-electron chi connectivity index (χ1n) is 7.63. The number of benzene rings is 1. The summed E-state index contributed by atoms with van der Waals surface area (Å²) in [5.74, 6) is -0.388. The number of anilines is 2. The average molecular weight is 292 g/mol. The first-order chi connectivity index (χ1) is 10.2. The summed E-state index contributed by atoms with van der Waals surface area (Å²) in [5.41, 5.74) is 7.59. The van der Waals surface area contributed by atoms with Crippen LogP contribution in [-0.2, 0) is 9.47 Å². The highest BCUT2D eigenvalue weighted by Gasteiger charge is 2.15. The molecule has 1 aromatic rings. The Labute approximate surface area is 125 Å². The van der Waals surface area contributed by atoms with Crippen molar-refractivity contribution in [2.24, 2.45) is 0 Å². The zero-order valence-corrected chi connectivity index (χ0v) is 12.6. The number of para-hydroxylation sites is 1. The number of rotatable bonds is 7. The highest BCUT2D eigenvalue weighted by atomic mass is 16.5. The molecule has 3 N–H and O–H groups in total. The topological polar surface area (TPSA) is 73.6 Å². The van der Waals surface area contributed by atoms with E-state index in [1.54, 1.807) is 19.1 Å². The molecule has 1 aliphatic carbocycles. The van der Waals surface area contributed by atoms with Crippen LogP contribution in [0.15, 0.2) is 18.2 Å². The van der Waals surface area contributed by atoms with Gasteiger partial charge in [-0.15, -0.1) is 0 Å². The lowest BCUT2D eigenvalue weighted by atomic mass is 10.1. The molecule has 0 spiro atoms. The maximum atomic E-state index is 11.8. The third-order valence-corrected chi connectivity index (χ3v) is 3.67. The smallest absolute Gasteiger partial charge is 0.340 e. The Morgan fingerprint density at radius 1 is 1.38 bits per heavy atom.